The van der Waals surface area contributed by atoms with Gasteiger partial charge < -0.3 is 9.88 Å². The van der Waals surface area contributed by atoms with Crippen LogP contribution >= 0.6 is 0 Å². The van der Waals surface area contributed by atoms with Gasteiger partial charge >= 0.3 is 0 Å². The third kappa shape index (κ3) is 4.17. The summed E-state index contributed by atoms with van der Waals surface area (Å²) in [6, 6.07) is 10.4. The van der Waals surface area contributed by atoms with Crippen LogP contribution in [0.2, 0.25) is 0 Å². The Bertz CT molecular complexity index is 934. The van der Waals surface area contributed by atoms with E-state index >= 15 is 0 Å². The molecule has 0 aliphatic heterocycles. The molecule has 0 unspecified atom stereocenters. The van der Waals surface area contributed by atoms with Gasteiger partial charge in [0.2, 0.25) is 0 Å². The number of nitrogens with one attached hydrogen (secondary N) is 1. The van der Waals surface area contributed by atoms with Gasteiger partial charge in [0.15, 0.2) is 0 Å². The molecule has 0 radical (unpaired) electrons. The molecule has 1 aromatic heterocycles. The van der Waals surface area contributed by atoms with Gasteiger partial charge in [-0.15, -0.1) is 0 Å². The number of halogens is 1. The van der Waals surface area contributed by atoms with Crippen molar-refractivity contribution in [2.45, 2.75) is 52.5 Å². The Morgan fingerprint density at radius 1 is 1.25 bits per heavy atom. The number of aromatic nitrogens is 1. The number of hydrogen-bond acceptors (Lipinski definition) is 2. The molecule has 1 saturated carbocycles. The molecule has 1 aliphatic rings. The minimum absolute atomic E-state index is 0.108. The first-order chi connectivity index (χ1) is 13.4. The topological polar surface area (TPSA) is 57.8 Å². The van der Waals surface area contributed by atoms with Gasteiger partial charge in [0.1, 0.15) is 17.5 Å². The summed E-state index contributed by atoms with van der Waals surface area (Å²) < 4.78 is 15.2. The highest BCUT2D eigenvalue weighted by atomic mass is 19.1. The van der Waals surface area contributed by atoms with Crippen LogP contribution in [0.1, 0.15) is 49.6 Å². The molecule has 1 aliphatic carbocycles. The fraction of sp³-hybridized carbons (Fsp3) is 0.391. The summed E-state index contributed by atoms with van der Waals surface area (Å²) in [4.78, 5) is 12.7. The number of nitriles is 1. The third-order valence-corrected chi connectivity index (χ3v) is 5.65. The molecular weight excluding hydrogens is 353 g/mol. The Morgan fingerprint density at radius 2 is 1.93 bits per heavy atom. The lowest BCUT2D eigenvalue weighted by molar-refractivity contribution is -0.118. The second kappa shape index (κ2) is 8.43. The van der Waals surface area contributed by atoms with E-state index in [0.29, 0.717) is 5.92 Å². The zero-order valence-corrected chi connectivity index (χ0v) is 16.6. The van der Waals surface area contributed by atoms with E-state index in [4.69, 9.17) is 0 Å². The van der Waals surface area contributed by atoms with Crippen molar-refractivity contribution in [3.63, 3.8) is 0 Å². The van der Waals surface area contributed by atoms with E-state index in [0.717, 1.165) is 41.9 Å². The molecule has 3 rings (SSSR count). The van der Waals surface area contributed by atoms with Gasteiger partial charge in [-0.3, -0.25) is 4.79 Å². The highest BCUT2D eigenvalue weighted by molar-refractivity contribution is 6.02. The van der Waals surface area contributed by atoms with E-state index in [1.807, 2.05) is 30.6 Å². The van der Waals surface area contributed by atoms with E-state index in [9.17, 15) is 14.4 Å². The second-order valence-corrected chi connectivity index (χ2v) is 7.65. The van der Waals surface area contributed by atoms with Gasteiger partial charge in [-0.25, -0.2) is 4.39 Å². The maximum atomic E-state index is 13.2. The molecule has 1 aromatic carbocycles. The predicted molar refractivity (Wildman–Crippen MR) is 108 cm³/mol. The van der Waals surface area contributed by atoms with Crippen LogP contribution in [0.3, 0.4) is 0 Å². The highest BCUT2D eigenvalue weighted by Crippen LogP contribution is 2.25. The van der Waals surface area contributed by atoms with Crippen LogP contribution < -0.4 is 5.32 Å². The Balaban J connectivity index is 1.86. The normalized spacial score (nSPS) is 19.9. The van der Waals surface area contributed by atoms with Gasteiger partial charge in [-0.2, -0.15) is 5.26 Å². The quantitative estimate of drug-likeness (QED) is 0.611. The van der Waals surface area contributed by atoms with Crippen LogP contribution in [0.25, 0.3) is 11.8 Å². The summed E-state index contributed by atoms with van der Waals surface area (Å²) >= 11 is 0. The van der Waals surface area contributed by atoms with Gasteiger partial charge in [0.05, 0.1) is 0 Å². The fourth-order valence-corrected chi connectivity index (χ4v) is 4.00. The van der Waals surface area contributed by atoms with Crippen LogP contribution in [0.5, 0.6) is 0 Å². The Hall–Kier alpha value is -2.87. The Labute approximate surface area is 165 Å². The van der Waals surface area contributed by atoms with E-state index in [1.165, 1.54) is 18.6 Å². The van der Waals surface area contributed by atoms with Gasteiger partial charge in [-0.1, -0.05) is 19.8 Å². The number of carbonyl (C=O) groups excluding carboxylic acids is 1. The summed E-state index contributed by atoms with van der Waals surface area (Å²) in [7, 11) is 0. The maximum Gasteiger partial charge on any atom is 0.262 e. The molecule has 2 aromatic rings. The maximum absolute atomic E-state index is 13.2. The van der Waals surface area contributed by atoms with Gasteiger partial charge in [0, 0.05) is 23.1 Å². The predicted octanol–water partition coefficient (Wildman–Crippen LogP) is 4.84. The molecule has 28 heavy (non-hydrogen) atoms. The number of aryl methyl sites for hydroxylation is 1. The average Bonchev–Trinajstić information content (AvgIpc) is 2.95. The van der Waals surface area contributed by atoms with E-state index in [1.54, 1.807) is 18.2 Å². The van der Waals surface area contributed by atoms with Gasteiger partial charge in [0.25, 0.3) is 5.91 Å². The van der Waals surface area contributed by atoms with E-state index < -0.39 is 0 Å². The zero-order valence-electron chi connectivity index (χ0n) is 16.6. The van der Waals surface area contributed by atoms with Crippen molar-refractivity contribution in [1.29, 1.82) is 5.26 Å². The first-order valence-corrected chi connectivity index (χ1v) is 9.78. The molecule has 1 amide bonds. The number of carbonyl (C=O) groups is 1. The van der Waals surface area contributed by atoms with Crippen LogP contribution in [0, 0.1) is 36.9 Å². The van der Waals surface area contributed by atoms with Crippen LogP contribution in [-0.2, 0) is 4.79 Å². The molecule has 0 saturated heterocycles. The first kappa shape index (κ1) is 19.9. The summed E-state index contributed by atoms with van der Waals surface area (Å²) in [6.45, 7) is 6.03. The number of hydrogen-bond donors (Lipinski definition) is 1. The fourth-order valence-electron chi connectivity index (χ4n) is 4.00. The monoisotopic (exact) mass is 379 g/mol. The standard InChI is InChI=1S/C23H26FN3O/c1-15-6-4-5-7-22(15)26-23(28)19(14-25)13-18-12-16(2)27(17(18)3)21-10-8-20(24)9-11-21/h8-13,15,22H,4-7H2,1-3H3,(H,26,28)/b19-13+/t15-,22-/m1/s1. The van der Waals surface area contributed by atoms with Crippen molar-refractivity contribution >= 4 is 12.0 Å². The molecule has 146 valence electrons. The first-order valence-electron chi connectivity index (χ1n) is 9.78. The molecule has 0 bridgehead atoms. The second-order valence-electron chi connectivity index (χ2n) is 7.65. The Morgan fingerprint density at radius 3 is 2.57 bits per heavy atom. The smallest absolute Gasteiger partial charge is 0.262 e. The molecule has 5 heteroatoms. The molecule has 0 spiro atoms. The van der Waals surface area contributed by atoms with Crippen molar-refractivity contribution in [2.24, 2.45) is 5.92 Å². The van der Waals surface area contributed by atoms with Crippen LogP contribution in [0.4, 0.5) is 4.39 Å². The number of nitrogens with zero attached hydrogens (tertiary/aromatic N) is 2. The minimum atomic E-state index is -0.312. The summed E-state index contributed by atoms with van der Waals surface area (Å²) in [5.41, 5.74) is 3.61. The van der Waals surface area contributed by atoms with Crippen LogP contribution in [0.15, 0.2) is 35.9 Å². The number of amides is 1. The van der Waals surface area contributed by atoms with E-state index in [2.05, 4.69) is 12.2 Å². The van der Waals surface area contributed by atoms with Crippen molar-refractivity contribution in [3.05, 3.63) is 58.7 Å². The van der Waals surface area contributed by atoms with E-state index in [-0.39, 0.29) is 23.3 Å². The molecule has 4 nitrogen and oxygen atoms in total. The highest BCUT2D eigenvalue weighted by Gasteiger charge is 2.24. The largest absolute Gasteiger partial charge is 0.348 e. The molecule has 1 heterocycles. The summed E-state index contributed by atoms with van der Waals surface area (Å²) in [6.07, 6.45) is 6.02. The lowest BCUT2D eigenvalue weighted by Crippen LogP contribution is -2.41. The summed E-state index contributed by atoms with van der Waals surface area (Å²) in [5, 5.41) is 12.6. The molecule has 1 N–H and O–H groups in total. The lowest BCUT2D eigenvalue weighted by Gasteiger charge is -2.29. The van der Waals surface area contributed by atoms with Gasteiger partial charge in [-0.05, 0) is 74.6 Å². The Kier molecular flexibility index (Phi) is 5.99. The zero-order chi connectivity index (χ0) is 20.3. The number of benzene rings is 1. The molecule has 1 fully saturated rings. The lowest BCUT2D eigenvalue weighted by atomic mass is 9.86. The molecule has 2 atom stereocenters. The van der Waals surface area contributed by atoms with Crippen molar-refractivity contribution in [1.82, 2.24) is 9.88 Å². The summed E-state index contributed by atoms with van der Waals surface area (Å²) in [5.74, 6) is -0.166. The average molecular weight is 379 g/mol. The SMILES string of the molecule is Cc1cc(/C=C(\C#N)C(=O)N[C@@H]2CCCC[C@H]2C)c(C)n1-c1ccc(F)cc1. The van der Waals surface area contributed by atoms with Crippen molar-refractivity contribution < 1.29 is 9.18 Å². The number of rotatable bonds is 4. The van der Waals surface area contributed by atoms with Crippen LogP contribution in [-0.4, -0.2) is 16.5 Å². The molecular formula is C23H26FN3O. The third-order valence-electron chi connectivity index (χ3n) is 5.65. The van der Waals surface area contributed by atoms with Crippen molar-refractivity contribution in [3.8, 4) is 11.8 Å². The minimum Gasteiger partial charge on any atom is -0.348 e. The van der Waals surface area contributed by atoms with Crippen molar-refractivity contribution in [2.75, 3.05) is 0 Å².